The van der Waals surface area contributed by atoms with Crippen molar-refractivity contribution in [1.29, 1.82) is 0 Å². The standard InChI is InChI=1S/C13H11BrClN3O2S/c1-6-5-21-11(10(6)15)13(19)17-9-3-2-7(14)4-8(9)12(16)18-20/h2-5,20H,1H3,(H2,16,18)(H,17,19). The highest BCUT2D eigenvalue weighted by atomic mass is 79.9. The summed E-state index contributed by atoms with van der Waals surface area (Å²) in [5, 5.41) is 16.7. The van der Waals surface area contributed by atoms with E-state index in [-0.39, 0.29) is 11.7 Å². The summed E-state index contributed by atoms with van der Waals surface area (Å²) in [7, 11) is 0. The van der Waals surface area contributed by atoms with Crippen LogP contribution < -0.4 is 11.1 Å². The molecule has 0 aliphatic carbocycles. The fraction of sp³-hybridized carbons (Fsp3) is 0.0769. The number of amides is 1. The fourth-order valence-corrected chi connectivity index (χ4v) is 3.19. The van der Waals surface area contributed by atoms with Gasteiger partial charge in [-0.05, 0) is 36.1 Å². The smallest absolute Gasteiger partial charge is 0.267 e. The summed E-state index contributed by atoms with van der Waals surface area (Å²) in [6, 6.07) is 5.04. The van der Waals surface area contributed by atoms with Gasteiger partial charge in [0.05, 0.1) is 10.7 Å². The van der Waals surface area contributed by atoms with Gasteiger partial charge in [-0.25, -0.2) is 0 Å². The van der Waals surface area contributed by atoms with Crippen LogP contribution >= 0.6 is 38.9 Å². The minimum atomic E-state index is -0.340. The molecule has 0 saturated heterocycles. The molecule has 1 amide bonds. The number of benzene rings is 1. The highest BCUT2D eigenvalue weighted by molar-refractivity contribution is 9.10. The van der Waals surface area contributed by atoms with E-state index in [1.807, 2.05) is 12.3 Å². The summed E-state index contributed by atoms with van der Waals surface area (Å²) in [5.74, 6) is -0.438. The molecule has 8 heteroatoms. The van der Waals surface area contributed by atoms with Crippen molar-refractivity contribution in [1.82, 2.24) is 0 Å². The zero-order chi connectivity index (χ0) is 15.6. The Morgan fingerprint density at radius 2 is 2.24 bits per heavy atom. The van der Waals surface area contributed by atoms with Gasteiger partial charge in [-0.2, -0.15) is 0 Å². The lowest BCUT2D eigenvalue weighted by molar-refractivity contribution is 0.103. The average Bonchev–Trinajstić information content (AvgIpc) is 2.80. The summed E-state index contributed by atoms with van der Waals surface area (Å²) in [4.78, 5) is 12.7. The summed E-state index contributed by atoms with van der Waals surface area (Å²) < 4.78 is 0.743. The van der Waals surface area contributed by atoms with Gasteiger partial charge < -0.3 is 16.3 Å². The van der Waals surface area contributed by atoms with Crippen LogP contribution in [0.15, 0.2) is 33.2 Å². The van der Waals surface area contributed by atoms with E-state index in [1.165, 1.54) is 11.3 Å². The minimum absolute atomic E-state index is 0.0972. The van der Waals surface area contributed by atoms with Crippen molar-refractivity contribution < 1.29 is 10.0 Å². The monoisotopic (exact) mass is 387 g/mol. The van der Waals surface area contributed by atoms with E-state index in [9.17, 15) is 4.79 Å². The molecule has 0 spiro atoms. The van der Waals surface area contributed by atoms with Crippen LogP contribution in [0.3, 0.4) is 0 Å². The summed E-state index contributed by atoms with van der Waals surface area (Å²) >= 11 is 10.6. The predicted molar refractivity (Wildman–Crippen MR) is 88.7 cm³/mol. The fourth-order valence-electron chi connectivity index (χ4n) is 1.65. The second-order valence-electron chi connectivity index (χ2n) is 4.19. The van der Waals surface area contributed by atoms with Crippen molar-refractivity contribution in [3.05, 3.63) is 49.1 Å². The lowest BCUT2D eigenvalue weighted by Crippen LogP contribution is -2.19. The predicted octanol–water partition coefficient (Wildman–Crippen LogP) is 3.82. The van der Waals surface area contributed by atoms with E-state index in [4.69, 9.17) is 22.5 Å². The molecule has 2 aromatic rings. The Kier molecular flexibility index (Phi) is 4.87. The van der Waals surface area contributed by atoms with Gasteiger partial charge in [-0.1, -0.05) is 32.7 Å². The molecule has 0 fully saturated rings. The number of amidine groups is 1. The molecule has 0 aliphatic heterocycles. The highest BCUT2D eigenvalue weighted by Gasteiger charge is 2.17. The quantitative estimate of drug-likeness (QED) is 0.323. The minimum Gasteiger partial charge on any atom is -0.409 e. The first-order valence-electron chi connectivity index (χ1n) is 5.76. The van der Waals surface area contributed by atoms with Crippen molar-refractivity contribution in [2.24, 2.45) is 10.9 Å². The van der Waals surface area contributed by atoms with Gasteiger partial charge in [0.1, 0.15) is 4.88 Å². The molecule has 4 N–H and O–H groups in total. The van der Waals surface area contributed by atoms with Gasteiger partial charge >= 0.3 is 0 Å². The van der Waals surface area contributed by atoms with E-state index >= 15 is 0 Å². The molecule has 1 heterocycles. The van der Waals surface area contributed by atoms with Gasteiger partial charge in [0.15, 0.2) is 5.84 Å². The first-order valence-corrected chi connectivity index (χ1v) is 7.81. The SMILES string of the molecule is Cc1csc(C(=O)Nc2ccc(Br)cc2/C(N)=N/O)c1Cl. The van der Waals surface area contributed by atoms with Gasteiger partial charge in [-0.15, -0.1) is 11.3 Å². The Balaban J connectivity index is 2.36. The largest absolute Gasteiger partial charge is 0.409 e. The molecule has 5 nitrogen and oxygen atoms in total. The van der Waals surface area contributed by atoms with Crippen LogP contribution in [0.25, 0.3) is 0 Å². The number of carbonyl (C=O) groups excluding carboxylic acids is 1. The number of rotatable bonds is 3. The average molecular weight is 389 g/mol. The molecule has 0 aliphatic rings. The zero-order valence-corrected chi connectivity index (χ0v) is 14.0. The van der Waals surface area contributed by atoms with Gasteiger partial charge in [0, 0.05) is 10.0 Å². The van der Waals surface area contributed by atoms with Crippen LogP contribution in [0.1, 0.15) is 20.8 Å². The van der Waals surface area contributed by atoms with Gasteiger partial charge in [0.2, 0.25) is 0 Å². The number of thiophene rings is 1. The number of aryl methyl sites for hydroxylation is 1. The number of nitrogens with zero attached hydrogens (tertiary/aromatic N) is 1. The molecular formula is C13H11BrClN3O2S. The molecular weight excluding hydrogens is 378 g/mol. The van der Waals surface area contributed by atoms with Crippen molar-refractivity contribution >= 4 is 56.3 Å². The van der Waals surface area contributed by atoms with E-state index < -0.39 is 0 Å². The Morgan fingerprint density at radius 1 is 1.52 bits per heavy atom. The molecule has 0 radical (unpaired) electrons. The number of oxime groups is 1. The number of halogens is 2. The van der Waals surface area contributed by atoms with Crippen molar-refractivity contribution in [3.8, 4) is 0 Å². The summed E-state index contributed by atoms with van der Waals surface area (Å²) in [6.07, 6.45) is 0. The normalized spacial score (nSPS) is 11.5. The van der Waals surface area contributed by atoms with Crippen LogP contribution in [-0.4, -0.2) is 17.0 Å². The zero-order valence-electron chi connectivity index (χ0n) is 10.9. The Bertz CT molecular complexity index is 730. The number of anilines is 1. The second kappa shape index (κ2) is 6.46. The van der Waals surface area contributed by atoms with Crippen molar-refractivity contribution in [2.45, 2.75) is 6.92 Å². The number of nitrogens with two attached hydrogens (primary N) is 1. The molecule has 1 aromatic heterocycles. The third kappa shape index (κ3) is 3.37. The number of carbonyl (C=O) groups is 1. The topological polar surface area (TPSA) is 87.7 Å². The van der Waals surface area contributed by atoms with E-state index in [1.54, 1.807) is 18.2 Å². The lowest BCUT2D eigenvalue weighted by atomic mass is 10.1. The van der Waals surface area contributed by atoms with Gasteiger partial charge in [-0.3, -0.25) is 4.79 Å². The third-order valence-corrected chi connectivity index (χ3v) is 4.91. The number of nitrogens with one attached hydrogen (secondary N) is 1. The van der Waals surface area contributed by atoms with E-state index in [0.717, 1.165) is 10.0 Å². The molecule has 0 atom stereocenters. The Morgan fingerprint density at radius 3 is 2.81 bits per heavy atom. The summed E-state index contributed by atoms with van der Waals surface area (Å²) in [5.41, 5.74) is 7.30. The molecule has 21 heavy (non-hydrogen) atoms. The molecule has 110 valence electrons. The Labute approximate surface area is 138 Å². The first kappa shape index (κ1) is 15.8. The number of hydrogen-bond acceptors (Lipinski definition) is 4. The van der Waals surface area contributed by atoms with Gasteiger partial charge in [0.25, 0.3) is 5.91 Å². The summed E-state index contributed by atoms with van der Waals surface area (Å²) in [6.45, 7) is 1.83. The molecule has 0 unspecified atom stereocenters. The maximum Gasteiger partial charge on any atom is 0.267 e. The molecule has 0 saturated carbocycles. The molecule has 2 rings (SSSR count). The van der Waals surface area contributed by atoms with Crippen LogP contribution in [0.2, 0.25) is 5.02 Å². The van der Waals surface area contributed by atoms with Crippen molar-refractivity contribution in [3.63, 3.8) is 0 Å². The lowest BCUT2D eigenvalue weighted by Gasteiger charge is -2.10. The molecule has 0 bridgehead atoms. The van der Waals surface area contributed by atoms with E-state index in [0.29, 0.717) is 21.2 Å². The van der Waals surface area contributed by atoms with Crippen LogP contribution in [0.5, 0.6) is 0 Å². The maximum absolute atomic E-state index is 12.3. The van der Waals surface area contributed by atoms with Crippen molar-refractivity contribution in [2.75, 3.05) is 5.32 Å². The Hall–Kier alpha value is -1.57. The maximum atomic E-state index is 12.3. The molecule has 1 aromatic carbocycles. The van der Waals surface area contributed by atoms with Crippen LogP contribution in [0, 0.1) is 6.92 Å². The third-order valence-electron chi connectivity index (χ3n) is 2.72. The first-order chi connectivity index (χ1) is 9.93. The van der Waals surface area contributed by atoms with E-state index in [2.05, 4.69) is 26.4 Å². The van der Waals surface area contributed by atoms with Crippen LogP contribution in [-0.2, 0) is 0 Å². The van der Waals surface area contributed by atoms with Crippen LogP contribution in [0.4, 0.5) is 5.69 Å². The second-order valence-corrected chi connectivity index (χ2v) is 6.36. The highest BCUT2D eigenvalue weighted by Crippen LogP contribution is 2.29. The number of hydrogen-bond donors (Lipinski definition) is 3.